The normalized spacial score (nSPS) is 16.2. The molecule has 3 heterocycles. The molecule has 0 bridgehead atoms. The summed E-state index contributed by atoms with van der Waals surface area (Å²) < 4.78 is 22.7. The highest BCUT2D eigenvalue weighted by atomic mass is 16.5. The van der Waals surface area contributed by atoms with Gasteiger partial charge in [-0.15, -0.1) is 0 Å². The van der Waals surface area contributed by atoms with Gasteiger partial charge in [-0.2, -0.15) is 10.2 Å². The van der Waals surface area contributed by atoms with Crippen molar-refractivity contribution in [3.63, 3.8) is 0 Å². The summed E-state index contributed by atoms with van der Waals surface area (Å²) in [5, 5.41) is 12.4. The van der Waals surface area contributed by atoms with Crippen LogP contribution in [0.2, 0.25) is 0 Å². The number of para-hydroxylation sites is 1. The van der Waals surface area contributed by atoms with Crippen LogP contribution in [0.1, 0.15) is 24.3 Å². The van der Waals surface area contributed by atoms with E-state index in [2.05, 4.69) is 10.3 Å². The van der Waals surface area contributed by atoms with Crippen LogP contribution in [0.3, 0.4) is 0 Å². The number of anilines is 1. The fraction of sp³-hybridized carbons (Fsp3) is 0.300. The molecule has 1 fully saturated rings. The maximum Gasteiger partial charge on any atom is 0.266 e. The first-order valence-electron chi connectivity index (χ1n) is 8.85. The van der Waals surface area contributed by atoms with Gasteiger partial charge in [-0.25, -0.2) is 0 Å². The topological polar surface area (TPSA) is 93.5 Å². The molecule has 3 aromatic rings. The zero-order chi connectivity index (χ0) is 18.5. The molecule has 7 nitrogen and oxygen atoms in total. The Morgan fingerprint density at radius 1 is 1.19 bits per heavy atom. The molecule has 7 heteroatoms. The van der Waals surface area contributed by atoms with Crippen LogP contribution in [-0.2, 0) is 11.3 Å². The summed E-state index contributed by atoms with van der Waals surface area (Å²) in [7, 11) is 0. The summed E-state index contributed by atoms with van der Waals surface area (Å²) in [5.41, 5.74) is 0.196. The fourth-order valence-corrected chi connectivity index (χ4v) is 2.87. The van der Waals surface area contributed by atoms with Gasteiger partial charge in [0.15, 0.2) is 5.76 Å². The molecule has 0 spiro atoms. The average molecular weight is 365 g/mol. The smallest absolute Gasteiger partial charge is 0.266 e. The second kappa shape index (κ2) is 7.98. The summed E-state index contributed by atoms with van der Waals surface area (Å²) in [6, 6.07) is 15.1. The van der Waals surface area contributed by atoms with Crippen LogP contribution in [-0.4, -0.2) is 24.2 Å². The first kappa shape index (κ1) is 17.2. The Morgan fingerprint density at radius 2 is 2.07 bits per heavy atom. The van der Waals surface area contributed by atoms with Gasteiger partial charge in [-0.1, -0.05) is 18.2 Å². The monoisotopic (exact) mass is 365 g/mol. The second-order valence-corrected chi connectivity index (χ2v) is 6.19. The van der Waals surface area contributed by atoms with Gasteiger partial charge in [0.2, 0.25) is 11.6 Å². The zero-order valence-electron chi connectivity index (χ0n) is 14.7. The van der Waals surface area contributed by atoms with E-state index < -0.39 is 0 Å². The van der Waals surface area contributed by atoms with Crippen molar-refractivity contribution in [3.8, 4) is 23.5 Å². The predicted octanol–water partition coefficient (Wildman–Crippen LogP) is 3.98. The van der Waals surface area contributed by atoms with Crippen molar-refractivity contribution in [2.75, 3.05) is 18.5 Å². The molecular weight excluding hydrogens is 346 g/mol. The number of ether oxygens (including phenoxy) is 2. The van der Waals surface area contributed by atoms with Crippen molar-refractivity contribution in [1.29, 1.82) is 5.26 Å². The maximum atomic E-state index is 9.29. The van der Waals surface area contributed by atoms with Gasteiger partial charge >= 0.3 is 0 Å². The van der Waals surface area contributed by atoms with Crippen LogP contribution in [0, 0.1) is 11.3 Å². The Hall–Kier alpha value is -3.24. The van der Waals surface area contributed by atoms with Gasteiger partial charge in [0.1, 0.15) is 24.2 Å². The van der Waals surface area contributed by atoms with Crippen molar-refractivity contribution >= 4 is 5.88 Å². The SMILES string of the molecule is N#Cc1nc(-c2ccc(COc3ccccc3)o2)oc1NC[C@@H]1CCCO1. The number of hydrogen-bond donors (Lipinski definition) is 1. The third-order valence-electron chi connectivity index (χ3n) is 4.24. The van der Waals surface area contributed by atoms with Crippen molar-refractivity contribution in [2.45, 2.75) is 25.6 Å². The third-order valence-corrected chi connectivity index (χ3v) is 4.24. The average Bonchev–Trinajstić information content (AvgIpc) is 3.45. The minimum atomic E-state index is 0.135. The molecule has 4 rings (SSSR count). The molecule has 0 saturated carbocycles. The molecular formula is C20H19N3O4. The molecule has 2 aromatic heterocycles. The van der Waals surface area contributed by atoms with E-state index in [-0.39, 0.29) is 17.7 Å². The Labute approximate surface area is 156 Å². The number of furan rings is 1. The number of oxazole rings is 1. The van der Waals surface area contributed by atoms with E-state index in [9.17, 15) is 5.26 Å². The largest absolute Gasteiger partial charge is 0.486 e. The Kier molecular flexibility index (Phi) is 5.08. The minimum absolute atomic E-state index is 0.135. The fourth-order valence-electron chi connectivity index (χ4n) is 2.87. The van der Waals surface area contributed by atoms with Gasteiger partial charge in [0.25, 0.3) is 5.89 Å². The highest BCUT2D eigenvalue weighted by Gasteiger charge is 2.20. The van der Waals surface area contributed by atoms with Crippen LogP contribution >= 0.6 is 0 Å². The van der Waals surface area contributed by atoms with E-state index in [0.717, 1.165) is 25.2 Å². The van der Waals surface area contributed by atoms with Crippen LogP contribution in [0.4, 0.5) is 5.88 Å². The molecule has 138 valence electrons. The van der Waals surface area contributed by atoms with Crippen molar-refractivity contribution in [1.82, 2.24) is 4.98 Å². The second-order valence-electron chi connectivity index (χ2n) is 6.19. The molecule has 27 heavy (non-hydrogen) atoms. The maximum absolute atomic E-state index is 9.29. The standard InChI is InChI=1S/C20H19N3O4/c21-11-17-19(22-12-15-7-4-10-24-15)27-20(23-17)18-9-8-16(26-18)13-25-14-5-2-1-3-6-14/h1-3,5-6,8-9,15,22H,4,7,10,12-13H2/t15-/m0/s1. The molecule has 0 unspecified atom stereocenters. The number of nitriles is 1. The van der Waals surface area contributed by atoms with E-state index in [4.69, 9.17) is 18.3 Å². The Balaban J connectivity index is 1.42. The molecule has 1 aliphatic rings. The lowest BCUT2D eigenvalue weighted by Gasteiger charge is -2.09. The highest BCUT2D eigenvalue weighted by molar-refractivity contribution is 5.54. The lowest BCUT2D eigenvalue weighted by molar-refractivity contribution is 0.120. The summed E-state index contributed by atoms with van der Waals surface area (Å²) in [5.74, 6) is 2.44. The molecule has 1 aliphatic heterocycles. The number of rotatable bonds is 7. The van der Waals surface area contributed by atoms with Crippen LogP contribution in [0.25, 0.3) is 11.7 Å². The van der Waals surface area contributed by atoms with Gasteiger partial charge in [0, 0.05) is 13.2 Å². The lowest BCUT2D eigenvalue weighted by Crippen LogP contribution is -2.18. The van der Waals surface area contributed by atoms with Gasteiger partial charge in [-0.3, -0.25) is 0 Å². The van der Waals surface area contributed by atoms with E-state index >= 15 is 0 Å². The molecule has 0 radical (unpaired) electrons. The third kappa shape index (κ3) is 4.13. The minimum Gasteiger partial charge on any atom is -0.486 e. The number of benzene rings is 1. The van der Waals surface area contributed by atoms with Crippen molar-refractivity contribution < 1.29 is 18.3 Å². The zero-order valence-corrected chi connectivity index (χ0v) is 14.7. The highest BCUT2D eigenvalue weighted by Crippen LogP contribution is 2.28. The number of aromatic nitrogens is 1. The van der Waals surface area contributed by atoms with Crippen molar-refractivity contribution in [2.24, 2.45) is 0 Å². The number of hydrogen-bond acceptors (Lipinski definition) is 7. The lowest BCUT2D eigenvalue weighted by atomic mass is 10.2. The molecule has 1 saturated heterocycles. The van der Waals surface area contributed by atoms with Crippen LogP contribution < -0.4 is 10.1 Å². The molecule has 0 amide bonds. The summed E-state index contributed by atoms with van der Waals surface area (Å²) in [6.45, 7) is 1.65. The Bertz CT molecular complexity index is 920. The number of nitrogens with one attached hydrogen (secondary N) is 1. The van der Waals surface area contributed by atoms with Gasteiger partial charge in [0.05, 0.1) is 6.10 Å². The van der Waals surface area contributed by atoms with E-state index in [1.165, 1.54) is 0 Å². The Morgan fingerprint density at radius 3 is 2.85 bits per heavy atom. The summed E-state index contributed by atoms with van der Waals surface area (Å²) in [4.78, 5) is 4.21. The van der Waals surface area contributed by atoms with E-state index in [1.807, 2.05) is 36.4 Å². The van der Waals surface area contributed by atoms with Gasteiger partial charge in [-0.05, 0) is 37.1 Å². The molecule has 1 atom stereocenters. The summed E-state index contributed by atoms with van der Waals surface area (Å²) in [6.07, 6.45) is 2.19. The van der Waals surface area contributed by atoms with Crippen molar-refractivity contribution in [3.05, 3.63) is 53.9 Å². The first-order valence-corrected chi connectivity index (χ1v) is 8.85. The van der Waals surface area contributed by atoms with E-state index in [1.54, 1.807) is 12.1 Å². The number of nitrogens with zero attached hydrogens (tertiary/aromatic N) is 2. The van der Waals surface area contributed by atoms with Crippen LogP contribution in [0.15, 0.2) is 51.3 Å². The van der Waals surface area contributed by atoms with Gasteiger partial charge < -0.3 is 23.6 Å². The van der Waals surface area contributed by atoms with Crippen LogP contribution in [0.5, 0.6) is 5.75 Å². The quantitative estimate of drug-likeness (QED) is 0.677. The molecule has 1 aromatic carbocycles. The summed E-state index contributed by atoms with van der Waals surface area (Å²) >= 11 is 0. The van der Waals surface area contributed by atoms with E-state index in [0.29, 0.717) is 30.6 Å². The molecule has 1 N–H and O–H groups in total. The predicted molar refractivity (Wildman–Crippen MR) is 97.2 cm³/mol. The molecule has 0 aliphatic carbocycles. The first-order chi connectivity index (χ1) is 13.3.